The van der Waals surface area contributed by atoms with Gasteiger partial charge in [0.15, 0.2) is 6.10 Å². The summed E-state index contributed by atoms with van der Waals surface area (Å²) in [6, 6.07) is -1.54. The first kappa shape index (κ1) is 50.9. The molecule has 0 aromatic carbocycles. The lowest BCUT2D eigenvalue weighted by Crippen LogP contribution is -2.34. The number of hydrogen-bond acceptors (Lipinski definition) is 9. The van der Waals surface area contributed by atoms with Gasteiger partial charge in [-0.25, -0.2) is 4.57 Å². The third-order valence-corrected chi connectivity index (χ3v) is 8.92. The fourth-order valence-corrected chi connectivity index (χ4v) is 5.62. The molecule has 0 aromatic rings. The number of phosphoric ester groups is 1. The fraction of sp³-hybridized carbons (Fsp3) is 0.643. The van der Waals surface area contributed by atoms with Gasteiger partial charge in [0, 0.05) is 6.42 Å². The van der Waals surface area contributed by atoms with Gasteiger partial charge in [-0.05, 0) is 64.2 Å². The summed E-state index contributed by atoms with van der Waals surface area (Å²) in [6.45, 7) is 2.55. The highest BCUT2D eigenvalue weighted by Crippen LogP contribution is 2.43. The molecule has 0 rings (SSSR count). The van der Waals surface area contributed by atoms with Gasteiger partial charge in [0.25, 0.3) is 0 Å². The highest BCUT2D eigenvalue weighted by atomic mass is 31.2. The van der Waals surface area contributed by atoms with E-state index in [1.807, 2.05) is 18.2 Å². The van der Waals surface area contributed by atoms with Crippen molar-refractivity contribution in [1.29, 1.82) is 0 Å². The molecule has 11 nitrogen and oxygen atoms in total. The van der Waals surface area contributed by atoms with Gasteiger partial charge in [0.05, 0.1) is 19.6 Å². The maximum atomic E-state index is 12.5. The van der Waals surface area contributed by atoms with E-state index in [9.17, 15) is 23.8 Å². The van der Waals surface area contributed by atoms with E-state index in [2.05, 4.69) is 67.0 Å². The Morgan fingerprint density at radius 3 is 1.63 bits per heavy atom. The van der Waals surface area contributed by atoms with Crippen LogP contribution in [0.25, 0.3) is 0 Å². The van der Waals surface area contributed by atoms with E-state index in [4.69, 9.17) is 24.8 Å². The molecule has 0 spiro atoms. The third kappa shape index (κ3) is 35.9. The summed E-state index contributed by atoms with van der Waals surface area (Å²) in [6.07, 6.45) is 42.9. The molecule has 3 atom stereocenters. The van der Waals surface area contributed by atoms with Gasteiger partial charge in [-0.2, -0.15) is 0 Å². The molecule has 4 N–H and O–H groups in total. The molecule has 54 heavy (non-hydrogen) atoms. The minimum atomic E-state index is -4.74. The Bertz CT molecular complexity index is 1190. The standard InChI is InChI=1S/C42H70NO10P/c1-3-5-7-9-11-13-15-17-19-21-23-25-27-29-31-33-40(44)50-35-38(36-51-54(48,49)52-37-39(43)42(46)47)53-41(45)34-32-30-28-26-24-22-20-18-16-14-12-10-8-6-4-2/h6,8,12,14,17-20,24,26,30,32,38-39H,3-5,7,9-11,13,15-16,21-23,25,27-29,31,33-37,43H2,1-2H3,(H,46,47)(H,48,49)/b8-6-,14-12-,19-17-,20-18-,26-24-,32-30-. The molecular formula is C42H70NO10P. The van der Waals surface area contributed by atoms with Crippen molar-refractivity contribution in [3.8, 4) is 0 Å². The first-order valence-electron chi connectivity index (χ1n) is 20.0. The number of esters is 2. The van der Waals surface area contributed by atoms with Gasteiger partial charge in [0.1, 0.15) is 12.6 Å². The molecule has 0 aliphatic heterocycles. The van der Waals surface area contributed by atoms with Crippen molar-refractivity contribution < 1.29 is 47.5 Å². The van der Waals surface area contributed by atoms with Crippen molar-refractivity contribution in [1.82, 2.24) is 0 Å². The number of carbonyl (C=O) groups is 3. The second-order valence-electron chi connectivity index (χ2n) is 13.0. The Labute approximate surface area is 325 Å². The number of aliphatic carboxylic acids is 1. The van der Waals surface area contributed by atoms with E-state index in [1.54, 1.807) is 6.08 Å². The van der Waals surface area contributed by atoms with Crippen molar-refractivity contribution >= 4 is 25.7 Å². The van der Waals surface area contributed by atoms with Crippen LogP contribution in [0.4, 0.5) is 0 Å². The Morgan fingerprint density at radius 1 is 0.611 bits per heavy atom. The smallest absolute Gasteiger partial charge is 0.472 e. The van der Waals surface area contributed by atoms with Crippen LogP contribution in [0.3, 0.4) is 0 Å². The van der Waals surface area contributed by atoms with Gasteiger partial charge >= 0.3 is 25.7 Å². The molecule has 12 heteroatoms. The van der Waals surface area contributed by atoms with Crippen LogP contribution in [0.1, 0.15) is 142 Å². The summed E-state index contributed by atoms with van der Waals surface area (Å²) < 4.78 is 32.5. The number of ether oxygens (including phenoxy) is 2. The molecule has 308 valence electrons. The molecule has 0 bridgehead atoms. The minimum absolute atomic E-state index is 0.0758. The molecule has 0 amide bonds. The number of hydrogen-bond donors (Lipinski definition) is 3. The number of allylic oxidation sites excluding steroid dienone is 11. The number of unbranched alkanes of at least 4 members (excludes halogenated alkanes) is 11. The maximum absolute atomic E-state index is 12.5. The third-order valence-electron chi connectivity index (χ3n) is 7.97. The largest absolute Gasteiger partial charge is 0.480 e. The number of nitrogens with two attached hydrogens (primary N) is 1. The van der Waals surface area contributed by atoms with Crippen LogP contribution < -0.4 is 5.73 Å². The lowest BCUT2D eigenvalue weighted by atomic mass is 10.1. The Morgan fingerprint density at radius 2 is 1.09 bits per heavy atom. The monoisotopic (exact) mass is 779 g/mol. The summed E-state index contributed by atoms with van der Waals surface area (Å²) in [5.74, 6) is -2.56. The average Bonchev–Trinajstić information content (AvgIpc) is 3.14. The Balaban J connectivity index is 4.58. The summed E-state index contributed by atoms with van der Waals surface area (Å²) in [5.41, 5.74) is 5.31. The molecule has 0 aliphatic rings. The fourth-order valence-electron chi connectivity index (χ4n) is 4.84. The summed E-state index contributed by atoms with van der Waals surface area (Å²) in [4.78, 5) is 45.7. The number of rotatable bonds is 36. The zero-order chi connectivity index (χ0) is 40.0. The lowest BCUT2D eigenvalue weighted by molar-refractivity contribution is -0.160. The number of phosphoric acid groups is 1. The van der Waals surface area contributed by atoms with Crippen LogP contribution in [0, 0.1) is 0 Å². The van der Waals surface area contributed by atoms with Crippen molar-refractivity contribution in [2.45, 2.75) is 154 Å². The summed E-state index contributed by atoms with van der Waals surface area (Å²) in [5, 5.41) is 8.87. The summed E-state index contributed by atoms with van der Waals surface area (Å²) in [7, 11) is -4.74. The molecule has 0 aromatic heterocycles. The van der Waals surface area contributed by atoms with Gasteiger partial charge in [-0.3, -0.25) is 23.4 Å². The Hall–Kier alpha value is -3.08. The van der Waals surface area contributed by atoms with Crippen molar-refractivity contribution in [3.63, 3.8) is 0 Å². The SMILES string of the molecule is CC/C=C\C/C=C\C/C=C\C/C=C\C/C=C\CC(=O)OC(COC(=O)CCCCCCC/C=C\CCCCCCCC)COP(=O)(O)OCC(N)C(=O)O. The van der Waals surface area contributed by atoms with Crippen LogP contribution in [-0.4, -0.2) is 59.9 Å². The van der Waals surface area contributed by atoms with E-state index >= 15 is 0 Å². The van der Waals surface area contributed by atoms with Crippen molar-refractivity contribution in [2.75, 3.05) is 19.8 Å². The highest BCUT2D eigenvalue weighted by molar-refractivity contribution is 7.47. The molecule has 0 heterocycles. The topological polar surface area (TPSA) is 172 Å². The highest BCUT2D eigenvalue weighted by Gasteiger charge is 2.28. The predicted molar refractivity (Wildman–Crippen MR) is 217 cm³/mol. The number of carbonyl (C=O) groups excluding carboxylic acids is 2. The Kier molecular flexibility index (Phi) is 34.8. The van der Waals surface area contributed by atoms with E-state index in [1.165, 1.54) is 38.5 Å². The van der Waals surface area contributed by atoms with Gasteiger partial charge < -0.3 is 25.2 Å². The van der Waals surface area contributed by atoms with Crippen LogP contribution in [0.2, 0.25) is 0 Å². The van der Waals surface area contributed by atoms with Crippen LogP contribution in [-0.2, 0) is 37.5 Å². The van der Waals surface area contributed by atoms with Crippen LogP contribution in [0.15, 0.2) is 72.9 Å². The zero-order valence-corrected chi connectivity index (χ0v) is 33.9. The zero-order valence-electron chi connectivity index (χ0n) is 33.0. The van der Waals surface area contributed by atoms with Crippen molar-refractivity contribution in [3.05, 3.63) is 72.9 Å². The van der Waals surface area contributed by atoms with Crippen molar-refractivity contribution in [2.24, 2.45) is 5.73 Å². The molecule has 0 fully saturated rings. The molecule has 3 unspecified atom stereocenters. The lowest BCUT2D eigenvalue weighted by Gasteiger charge is -2.20. The average molecular weight is 780 g/mol. The van der Waals surface area contributed by atoms with E-state index in [0.717, 1.165) is 64.2 Å². The van der Waals surface area contributed by atoms with Gasteiger partial charge in [-0.15, -0.1) is 0 Å². The minimum Gasteiger partial charge on any atom is -0.480 e. The van der Waals surface area contributed by atoms with Gasteiger partial charge in [0.2, 0.25) is 0 Å². The quantitative estimate of drug-likeness (QED) is 0.0239. The van der Waals surface area contributed by atoms with Crippen LogP contribution >= 0.6 is 7.82 Å². The predicted octanol–water partition coefficient (Wildman–Crippen LogP) is 10.2. The first-order valence-corrected chi connectivity index (χ1v) is 21.5. The number of carboxylic acid groups (broad SMARTS) is 1. The summed E-state index contributed by atoms with van der Waals surface area (Å²) >= 11 is 0. The van der Waals surface area contributed by atoms with E-state index < -0.39 is 57.7 Å². The normalized spacial score (nSPS) is 14.6. The molecule has 0 radical (unpaired) electrons. The molecule has 0 saturated carbocycles. The maximum Gasteiger partial charge on any atom is 0.472 e. The van der Waals surface area contributed by atoms with Crippen LogP contribution in [0.5, 0.6) is 0 Å². The van der Waals surface area contributed by atoms with E-state index in [0.29, 0.717) is 12.8 Å². The number of carboxylic acids is 1. The second-order valence-corrected chi connectivity index (χ2v) is 14.5. The van der Waals surface area contributed by atoms with Gasteiger partial charge in [-0.1, -0.05) is 138 Å². The second kappa shape index (κ2) is 36.9. The molecular weight excluding hydrogens is 709 g/mol. The molecule has 0 aliphatic carbocycles. The van der Waals surface area contributed by atoms with E-state index in [-0.39, 0.29) is 12.8 Å². The molecule has 0 saturated heterocycles. The first-order chi connectivity index (χ1) is 26.1.